The lowest BCUT2D eigenvalue weighted by Crippen LogP contribution is -2.37. The number of hydrazine groups is 1. The summed E-state index contributed by atoms with van der Waals surface area (Å²) in [5, 5.41) is 6.67. The van der Waals surface area contributed by atoms with Gasteiger partial charge in [0.2, 0.25) is 5.71 Å². The van der Waals surface area contributed by atoms with Crippen molar-refractivity contribution < 1.29 is 14.3 Å². The van der Waals surface area contributed by atoms with E-state index in [1.165, 1.54) is 42.8 Å². The van der Waals surface area contributed by atoms with Gasteiger partial charge in [-0.25, -0.2) is 10.0 Å². The van der Waals surface area contributed by atoms with Crippen molar-refractivity contribution in [1.82, 2.24) is 21.8 Å². The lowest BCUT2D eigenvalue weighted by molar-refractivity contribution is -0.462. The second-order valence-corrected chi connectivity index (χ2v) is 19.7. The number of hydrogen-bond acceptors (Lipinski definition) is 7. The summed E-state index contributed by atoms with van der Waals surface area (Å²) in [4.78, 5) is 24.2. The Morgan fingerprint density at radius 2 is 1.59 bits per heavy atom. The van der Waals surface area contributed by atoms with Gasteiger partial charge < -0.3 is 4.90 Å². The summed E-state index contributed by atoms with van der Waals surface area (Å²) in [5.74, 6) is -0.237. The van der Waals surface area contributed by atoms with E-state index in [1.54, 1.807) is 18.3 Å². The van der Waals surface area contributed by atoms with E-state index >= 15 is 0 Å². The molecular formula is C46H51N6O2S2+. The molecule has 10 heteroatoms. The Kier molecular flexibility index (Phi) is 11.0. The van der Waals surface area contributed by atoms with Crippen molar-refractivity contribution in [2.75, 3.05) is 45.6 Å². The number of benzene rings is 4. The molecule has 7 rings (SSSR count). The van der Waals surface area contributed by atoms with E-state index in [9.17, 15) is 4.79 Å². The third kappa shape index (κ3) is 7.38. The Labute approximate surface area is 335 Å². The van der Waals surface area contributed by atoms with Gasteiger partial charge in [0.05, 0.1) is 0 Å². The Balaban J connectivity index is 1.37. The molecule has 0 atom stereocenters. The van der Waals surface area contributed by atoms with Crippen LogP contribution < -0.4 is 26.7 Å². The van der Waals surface area contributed by atoms with Crippen molar-refractivity contribution in [3.63, 3.8) is 0 Å². The molecule has 1 amide bonds. The summed E-state index contributed by atoms with van der Waals surface area (Å²) in [6.45, 7) is 12.1. The number of carbonyl (C=O) groups excluding carboxylic acids is 1. The van der Waals surface area contributed by atoms with Crippen LogP contribution in [0.15, 0.2) is 130 Å². The molecular weight excluding hydrogens is 733 g/mol. The molecule has 0 bridgehead atoms. The fourth-order valence-corrected chi connectivity index (χ4v) is 11.0. The number of fused-ring (bicyclic) bond motifs is 4. The van der Waals surface area contributed by atoms with E-state index in [2.05, 4.69) is 169 Å². The Morgan fingerprint density at radius 3 is 2.27 bits per heavy atom. The van der Waals surface area contributed by atoms with Gasteiger partial charge in [-0.1, -0.05) is 55.6 Å². The zero-order chi connectivity index (χ0) is 39.9. The van der Waals surface area contributed by atoms with Crippen molar-refractivity contribution in [3.8, 4) is 11.1 Å². The average molecular weight is 784 g/mol. The topological polar surface area (TPSA) is 80.7 Å². The van der Waals surface area contributed by atoms with Gasteiger partial charge in [-0.15, -0.1) is 11.3 Å². The zero-order valence-electron chi connectivity index (χ0n) is 33.5. The van der Waals surface area contributed by atoms with E-state index in [4.69, 9.17) is 4.94 Å². The third-order valence-corrected chi connectivity index (χ3v) is 14.3. The van der Waals surface area contributed by atoms with Crippen LogP contribution >= 0.6 is 21.4 Å². The molecule has 0 radical (unpaired) electrons. The fraction of sp³-hybridized carbons (Fsp3) is 0.217. The van der Waals surface area contributed by atoms with Gasteiger partial charge in [0.1, 0.15) is 14.1 Å². The van der Waals surface area contributed by atoms with Crippen LogP contribution in [0.25, 0.3) is 38.2 Å². The van der Waals surface area contributed by atoms with Gasteiger partial charge in [0.25, 0.3) is 5.91 Å². The molecule has 1 aliphatic heterocycles. The molecule has 4 aromatic carbocycles. The van der Waals surface area contributed by atoms with Crippen molar-refractivity contribution in [1.29, 1.82) is 0 Å². The van der Waals surface area contributed by atoms with Gasteiger partial charge in [-0.2, -0.15) is 20.4 Å². The zero-order valence-corrected chi connectivity index (χ0v) is 35.1. The van der Waals surface area contributed by atoms with Crippen LogP contribution in [0.1, 0.15) is 35.4 Å². The van der Waals surface area contributed by atoms with E-state index in [-0.39, 0.29) is 5.91 Å². The Morgan fingerprint density at radius 1 is 0.875 bits per heavy atom. The molecule has 1 aliphatic carbocycles. The van der Waals surface area contributed by atoms with Gasteiger partial charge in [-0.3, -0.25) is 15.7 Å². The first-order valence-electron chi connectivity index (χ1n) is 18.5. The average Bonchev–Trinajstić information content (AvgIpc) is 3.66. The number of anilines is 1. The summed E-state index contributed by atoms with van der Waals surface area (Å²) < 4.78 is 2.19. The molecule has 2 aliphatic rings. The highest BCUT2D eigenvalue weighted by atomic mass is 32.3. The first kappa shape index (κ1) is 39.0. The number of rotatable bonds is 12. The van der Waals surface area contributed by atoms with Gasteiger partial charge in [0.15, 0.2) is 0 Å². The number of nitrogens with zero attached hydrogens (tertiary/aromatic N) is 2. The molecule has 1 aromatic heterocycles. The standard InChI is InChI=1S/C46H50N6O2S2/c1-28(2)46(53)49-47-25-40-34-13-11-12-14-35(34)41(26-48-54-50-29(3)4)39-21-30(15-18-36(39)40)31-22-42(55-27-31)45-37-19-16-32(51(5)6)23-43(37)56(9,10)44-24-33(52(7)8)17-20-38(44)45/h11-24,27,47-48,50H,1,3,25-26H2,2,4-10H3/p+1. The number of hydrogen-bond donors (Lipinski definition) is 4. The van der Waals surface area contributed by atoms with E-state index < -0.39 is 10.0 Å². The summed E-state index contributed by atoms with van der Waals surface area (Å²) in [5.41, 5.74) is 23.8. The summed E-state index contributed by atoms with van der Waals surface area (Å²) >= 11 is 1.80. The Hall–Kier alpha value is -5.23. The summed E-state index contributed by atoms with van der Waals surface area (Å²) in [6, 6.07) is 24.4. The maximum absolute atomic E-state index is 12.4. The van der Waals surface area contributed by atoms with Crippen LogP contribution in [0.4, 0.5) is 5.69 Å². The van der Waals surface area contributed by atoms with Crippen molar-refractivity contribution >= 4 is 65.8 Å². The van der Waals surface area contributed by atoms with Gasteiger partial charge in [-0.05, 0) is 117 Å². The lowest BCUT2D eigenvalue weighted by atomic mass is 9.89. The summed E-state index contributed by atoms with van der Waals surface area (Å²) in [7, 11) is 7.14. The number of amides is 1. The summed E-state index contributed by atoms with van der Waals surface area (Å²) in [6.07, 6.45) is 11.8. The largest absolute Gasteiger partial charge is 0.378 e. The van der Waals surface area contributed by atoms with Gasteiger partial charge in [0, 0.05) is 76.5 Å². The van der Waals surface area contributed by atoms with Crippen LogP contribution in [-0.2, 0) is 22.8 Å². The third-order valence-electron chi connectivity index (χ3n) is 10.4. The van der Waals surface area contributed by atoms with E-state index in [0.717, 1.165) is 43.8 Å². The SMILES string of the molecule is C=C(C)NONCc1c2ccccc2c(CNNC(=O)C(=C)C)c2ccc(-c3csc(C4=C5C=CC(=[N+](C)C)C=C5S(C)(C)c5cc(N(C)C)ccc54)c3)cc12. The molecule has 4 N–H and O–H groups in total. The quantitative estimate of drug-likeness (QED) is 0.0333. The first-order valence-corrected chi connectivity index (χ1v) is 21.9. The maximum atomic E-state index is 12.4. The predicted octanol–water partition coefficient (Wildman–Crippen LogP) is 8.95. The number of hydroxylamine groups is 2. The number of carbonyl (C=O) groups is 1. The maximum Gasteiger partial charge on any atom is 0.260 e. The Bertz CT molecular complexity index is 2570. The van der Waals surface area contributed by atoms with Crippen LogP contribution in [0, 0.1) is 0 Å². The second-order valence-electron chi connectivity index (χ2n) is 15.2. The van der Waals surface area contributed by atoms with Crippen LogP contribution in [0.5, 0.6) is 0 Å². The first-order chi connectivity index (χ1) is 26.8. The molecule has 2 heterocycles. The van der Waals surface area contributed by atoms with E-state index in [0.29, 0.717) is 24.4 Å². The molecule has 56 heavy (non-hydrogen) atoms. The van der Waals surface area contributed by atoms with E-state index in [1.807, 2.05) is 13.0 Å². The van der Waals surface area contributed by atoms with Crippen molar-refractivity contribution in [2.45, 2.75) is 31.8 Å². The highest BCUT2D eigenvalue weighted by Gasteiger charge is 2.36. The van der Waals surface area contributed by atoms with Crippen LogP contribution in [0.3, 0.4) is 0 Å². The highest BCUT2D eigenvalue weighted by Crippen LogP contribution is 2.66. The minimum atomic E-state index is -1.31. The normalized spacial score (nSPS) is 14.9. The van der Waals surface area contributed by atoms with Crippen molar-refractivity contribution in [3.05, 3.63) is 147 Å². The van der Waals surface area contributed by atoms with Crippen LogP contribution in [0.2, 0.25) is 0 Å². The van der Waals surface area contributed by atoms with Crippen molar-refractivity contribution in [2.24, 2.45) is 0 Å². The molecule has 8 nitrogen and oxygen atoms in total. The molecule has 0 fully saturated rings. The fourth-order valence-electron chi connectivity index (χ4n) is 7.45. The highest BCUT2D eigenvalue weighted by molar-refractivity contribution is 8.36. The molecule has 0 unspecified atom stereocenters. The van der Waals surface area contributed by atoms with Crippen LogP contribution in [-0.4, -0.2) is 56.9 Å². The minimum absolute atomic E-state index is 0.237. The molecule has 5 aromatic rings. The predicted molar refractivity (Wildman–Crippen MR) is 239 cm³/mol. The molecule has 0 saturated carbocycles. The minimum Gasteiger partial charge on any atom is -0.378 e. The van der Waals surface area contributed by atoms with Gasteiger partial charge >= 0.3 is 0 Å². The number of thiophene rings is 1. The molecule has 288 valence electrons. The molecule has 0 saturated heterocycles. The number of allylic oxidation sites excluding steroid dienone is 5. The number of nitrogens with one attached hydrogen (secondary N) is 4. The monoisotopic (exact) mass is 783 g/mol. The second kappa shape index (κ2) is 15.7. The molecule has 0 spiro atoms. The smallest absolute Gasteiger partial charge is 0.260 e. The lowest BCUT2D eigenvalue weighted by Gasteiger charge is -2.43.